The smallest absolute Gasteiger partial charge is 0.256 e. The number of rotatable bonds is 4. The lowest BCUT2D eigenvalue weighted by molar-refractivity contribution is 0.102. The predicted octanol–water partition coefficient (Wildman–Crippen LogP) is 4.13. The molecular formula is C17H19FN2O. The van der Waals surface area contributed by atoms with Crippen molar-refractivity contribution in [2.45, 2.75) is 20.8 Å². The van der Waals surface area contributed by atoms with Gasteiger partial charge in [-0.1, -0.05) is 6.07 Å². The summed E-state index contributed by atoms with van der Waals surface area (Å²) < 4.78 is 13.7. The second-order valence-electron chi connectivity index (χ2n) is 5.00. The largest absolute Gasteiger partial charge is 0.385 e. The second kappa shape index (κ2) is 6.39. The van der Waals surface area contributed by atoms with Gasteiger partial charge in [-0.25, -0.2) is 4.39 Å². The zero-order chi connectivity index (χ0) is 15.4. The number of nitrogens with one attached hydrogen (secondary N) is 2. The lowest BCUT2D eigenvalue weighted by atomic mass is 10.1. The van der Waals surface area contributed by atoms with Crippen molar-refractivity contribution < 1.29 is 9.18 Å². The number of aryl methyl sites for hydroxylation is 2. The number of carbonyl (C=O) groups is 1. The van der Waals surface area contributed by atoms with Gasteiger partial charge in [0.2, 0.25) is 0 Å². The first-order valence-electron chi connectivity index (χ1n) is 6.93. The molecule has 0 atom stereocenters. The summed E-state index contributed by atoms with van der Waals surface area (Å²) in [7, 11) is 0. The van der Waals surface area contributed by atoms with Crippen LogP contribution in [0.25, 0.3) is 0 Å². The van der Waals surface area contributed by atoms with Gasteiger partial charge in [0.1, 0.15) is 5.82 Å². The zero-order valence-corrected chi connectivity index (χ0v) is 12.5. The Labute approximate surface area is 124 Å². The van der Waals surface area contributed by atoms with Crippen molar-refractivity contribution in [1.29, 1.82) is 0 Å². The molecule has 0 saturated heterocycles. The summed E-state index contributed by atoms with van der Waals surface area (Å²) in [6, 6.07) is 10.1. The van der Waals surface area contributed by atoms with Crippen molar-refractivity contribution in [3.63, 3.8) is 0 Å². The lowest BCUT2D eigenvalue weighted by Crippen LogP contribution is -2.14. The maximum Gasteiger partial charge on any atom is 0.256 e. The summed E-state index contributed by atoms with van der Waals surface area (Å²) in [5.74, 6) is -0.740. The Morgan fingerprint density at radius 2 is 1.90 bits per heavy atom. The molecule has 0 unspecified atom stereocenters. The van der Waals surface area contributed by atoms with Crippen LogP contribution in [0.15, 0.2) is 36.4 Å². The fourth-order valence-corrected chi connectivity index (χ4v) is 2.16. The van der Waals surface area contributed by atoms with E-state index >= 15 is 0 Å². The maximum absolute atomic E-state index is 13.7. The first-order valence-corrected chi connectivity index (χ1v) is 6.93. The van der Waals surface area contributed by atoms with Gasteiger partial charge < -0.3 is 10.6 Å². The summed E-state index contributed by atoms with van der Waals surface area (Å²) in [6.45, 7) is 6.55. The molecule has 110 valence electrons. The molecule has 0 aromatic heterocycles. The Kier molecular flexibility index (Phi) is 4.58. The van der Waals surface area contributed by atoms with Crippen molar-refractivity contribution in [3.05, 3.63) is 58.9 Å². The fourth-order valence-electron chi connectivity index (χ4n) is 2.16. The number of halogens is 1. The first-order chi connectivity index (χ1) is 10.0. The highest BCUT2D eigenvalue weighted by Crippen LogP contribution is 2.19. The Hall–Kier alpha value is -2.36. The van der Waals surface area contributed by atoms with Gasteiger partial charge >= 0.3 is 0 Å². The van der Waals surface area contributed by atoms with Gasteiger partial charge in [-0.3, -0.25) is 4.79 Å². The van der Waals surface area contributed by atoms with Crippen LogP contribution in [-0.2, 0) is 0 Å². The molecule has 0 fully saturated rings. The van der Waals surface area contributed by atoms with E-state index in [1.165, 1.54) is 6.07 Å². The molecule has 2 aromatic carbocycles. The summed E-state index contributed by atoms with van der Waals surface area (Å²) in [6.07, 6.45) is 0. The molecule has 21 heavy (non-hydrogen) atoms. The van der Waals surface area contributed by atoms with Crippen LogP contribution in [-0.4, -0.2) is 12.5 Å². The molecule has 0 radical (unpaired) electrons. The summed E-state index contributed by atoms with van der Waals surface area (Å²) in [5, 5.41) is 5.81. The van der Waals surface area contributed by atoms with E-state index in [1.807, 2.05) is 32.9 Å². The van der Waals surface area contributed by atoms with Gasteiger partial charge in [0.25, 0.3) is 5.91 Å². The van der Waals surface area contributed by atoms with Crippen molar-refractivity contribution in [2.24, 2.45) is 0 Å². The summed E-state index contributed by atoms with van der Waals surface area (Å²) in [4.78, 5) is 12.3. The predicted molar refractivity (Wildman–Crippen MR) is 84.4 cm³/mol. The van der Waals surface area contributed by atoms with E-state index < -0.39 is 5.82 Å². The van der Waals surface area contributed by atoms with E-state index in [0.717, 1.165) is 23.4 Å². The Morgan fingerprint density at radius 1 is 1.14 bits per heavy atom. The van der Waals surface area contributed by atoms with E-state index in [0.29, 0.717) is 5.56 Å². The Morgan fingerprint density at radius 3 is 2.57 bits per heavy atom. The molecule has 0 aliphatic rings. The van der Waals surface area contributed by atoms with Crippen LogP contribution in [0.5, 0.6) is 0 Å². The minimum atomic E-state index is -0.434. The average molecular weight is 286 g/mol. The van der Waals surface area contributed by atoms with Crippen LogP contribution in [0.1, 0.15) is 28.4 Å². The monoisotopic (exact) mass is 286 g/mol. The lowest BCUT2D eigenvalue weighted by Gasteiger charge is -2.11. The molecular weight excluding hydrogens is 267 g/mol. The quantitative estimate of drug-likeness (QED) is 0.887. The van der Waals surface area contributed by atoms with Crippen LogP contribution in [0, 0.1) is 19.7 Å². The molecule has 3 nitrogen and oxygen atoms in total. The minimum absolute atomic E-state index is 0.204. The molecule has 0 heterocycles. The zero-order valence-electron chi connectivity index (χ0n) is 12.5. The number of benzene rings is 2. The highest BCUT2D eigenvalue weighted by Gasteiger charge is 2.12. The normalized spacial score (nSPS) is 10.3. The molecule has 1 amide bonds. The number of anilines is 2. The highest BCUT2D eigenvalue weighted by atomic mass is 19.1. The SMILES string of the molecule is CCNc1ccc(C(=O)Nc2cc(C)ccc2F)c(C)c1. The first kappa shape index (κ1) is 15.0. The molecule has 0 bridgehead atoms. The molecule has 2 N–H and O–H groups in total. The molecule has 0 spiro atoms. The van der Waals surface area contributed by atoms with E-state index in [1.54, 1.807) is 18.2 Å². The molecule has 0 aliphatic carbocycles. The third-order valence-electron chi connectivity index (χ3n) is 3.22. The van der Waals surface area contributed by atoms with Gasteiger partial charge in [0.15, 0.2) is 0 Å². The number of hydrogen-bond donors (Lipinski definition) is 2. The van der Waals surface area contributed by atoms with E-state index in [2.05, 4.69) is 10.6 Å². The summed E-state index contributed by atoms with van der Waals surface area (Å²) in [5.41, 5.74) is 3.45. The van der Waals surface area contributed by atoms with Crippen molar-refractivity contribution in [3.8, 4) is 0 Å². The van der Waals surface area contributed by atoms with Crippen LogP contribution in [0.4, 0.5) is 15.8 Å². The average Bonchev–Trinajstić information content (AvgIpc) is 2.43. The van der Waals surface area contributed by atoms with Gasteiger partial charge in [-0.15, -0.1) is 0 Å². The topological polar surface area (TPSA) is 41.1 Å². The number of hydrogen-bond acceptors (Lipinski definition) is 2. The van der Waals surface area contributed by atoms with E-state index in [-0.39, 0.29) is 11.6 Å². The highest BCUT2D eigenvalue weighted by molar-refractivity contribution is 6.05. The standard InChI is InChI=1S/C17H19FN2O/c1-4-19-13-6-7-14(12(3)10-13)17(21)20-16-9-11(2)5-8-15(16)18/h5-10,19H,4H2,1-3H3,(H,20,21). The van der Waals surface area contributed by atoms with Gasteiger partial charge in [0.05, 0.1) is 5.69 Å². The number of amides is 1. The molecule has 0 saturated carbocycles. The van der Waals surface area contributed by atoms with Gasteiger partial charge in [0, 0.05) is 17.8 Å². The van der Waals surface area contributed by atoms with Crippen LogP contribution in [0.3, 0.4) is 0 Å². The third kappa shape index (κ3) is 3.60. The van der Waals surface area contributed by atoms with Crippen LogP contribution < -0.4 is 10.6 Å². The second-order valence-corrected chi connectivity index (χ2v) is 5.00. The summed E-state index contributed by atoms with van der Waals surface area (Å²) >= 11 is 0. The third-order valence-corrected chi connectivity index (χ3v) is 3.22. The molecule has 0 aliphatic heterocycles. The van der Waals surface area contributed by atoms with Crippen molar-refractivity contribution >= 4 is 17.3 Å². The van der Waals surface area contributed by atoms with Gasteiger partial charge in [-0.2, -0.15) is 0 Å². The van der Waals surface area contributed by atoms with Crippen LogP contribution in [0.2, 0.25) is 0 Å². The molecule has 2 rings (SSSR count). The number of carbonyl (C=O) groups excluding carboxylic acids is 1. The van der Waals surface area contributed by atoms with Crippen molar-refractivity contribution in [2.75, 3.05) is 17.2 Å². The fraction of sp³-hybridized carbons (Fsp3) is 0.235. The molecule has 4 heteroatoms. The van der Waals surface area contributed by atoms with E-state index in [9.17, 15) is 9.18 Å². The maximum atomic E-state index is 13.7. The van der Waals surface area contributed by atoms with Crippen molar-refractivity contribution in [1.82, 2.24) is 0 Å². The van der Waals surface area contributed by atoms with Gasteiger partial charge in [-0.05, 0) is 62.2 Å². The Bertz CT molecular complexity index is 668. The Balaban J connectivity index is 2.22. The van der Waals surface area contributed by atoms with Crippen LogP contribution >= 0.6 is 0 Å². The minimum Gasteiger partial charge on any atom is -0.385 e. The molecule has 2 aromatic rings. The van der Waals surface area contributed by atoms with E-state index in [4.69, 9.17) is 0 Å².